The molecule has 1 aromatic rings. The summed E-state index contributed by atoms with van der Waals surface area (Å²) in [6.45, 7) is 1.27. The standard InChI is InChI=1S/C14H18Cl2N2O3S/c1-17(8-12(19)20)9-3-2-5-18(6-4-9)14(21)10-7-11(15)22-13(10)16/h7,9H,2-6,8H2,1H3,(H,19,20). The van der Waals surface area contributed by atoms with E-state index in [1.54, 1.807) is 11.0 Å². The zero-order chi connectivity index (χ0) is 16.3. The second kappa shape index (κ2) is 7.64. The highest BCUT2D eigenvalue weighted by Gasteiger charge is 2.26. The van der Waals surface area contributed by atoms with E-state index in [0.29, 0.717) is 27.3 Å². The number of halogens is 2. The van der Waals surface area contributed by atoms with Gasteiger partial charge in [0.2, 0.25) is 0 Å². The molecule has 0 bridgehead atoms. The fourth-order valence-electron chi connectivity index (χ4n) is 2.72. The number of carboxylic acids is 1. The maximum absolute atomic E-state index is 12.5. The first-order valence-corrected chi connectivity index (χ1v) is 8.62. The van der Waals surface area contributed by atoms with Gasteiger partial charge < -0.3 is 10.0 Å². The lowest BCUT2D eigenvalue weighted by Crippen LogP contribution is -2.37. The summed E-state index contributed by atoms with van der Waals surface area (Å²) < 4.78 is 0.918. The smallest absolute Gasteiger partial charge is 0.317 e. The summed E-state index contributed by atoms with van der Waals surface area (Å²) in [5, 5.41) is 8.87. The van der Waals surface area contributed by atoms with E-state index >= 15 is 0 Å². The molecule has 1 N–H and O–H groups in total. The van der Waals surface area contributed by atoms with Crippen molar-refractivity contribution in [3.05, 3.63) is 20.3 Å². The Balaban J connectivity index is 1.99. The van der Waals surface area contributed by atoms with Crippen LogP contribution in [0.5, 0.6) is 0 Å². The number of hydrogen-bond acceptors (Lipinski definition) is 4. The monoisotopic (exact) mass is 364 g/mol. The maximum Gasteiger partial charge on any atom is 0.317 e. The third kappa shape index (κ3) is 4.35. The zero-order valence-electron chi connectivity index (χ0n) is 12.2. The van der Waals surface area contributed by atoms with Gasteiger partial charge in [-0.05, 0) is 32.4 Å². The molecule has 1 saturated heterocycles. The molecule has 0 saturated carbocycles. The van der Waals surface area contributed by atoms with Gasteiger partial charge >= 0.3 is 5.97 Å². The molecule has 22 heavy (non-hydrogen) atoms. The van der Waals surface area contributed by atoms with Gasteiger partial charge in [0.05, 0.1) is 16.4 Å². The van der Waals surface area contributed by atoms with Crippen LogP contribution in [-0.2, 0) is 4.79 Å². The molecule has 5 nitrogen and oxygen atoms in total. The van der Waals surface area contributed by atoms with Gasteiger partial charge in [-0.3, -0.25) is 14.5 Å². The Morgan fingerprint density at radius 2 is 2.14 bits per heavy atom. The van der Waals surface area contributed by atoms with Crippen LogP contribution in [0.15, 0.2) is 6.07 Å². The summed E-state index contributed by atoms with van der Waals surface area (Å²) in [4.78, 5) is 26.9. The molecule has 0 aliphatic carbocycles. The molecule has 1 aliphatic rings. The van der Waals surface area contributed by atoms with Crippen LogP contribution in [-0.4, -0.2) is 59.5 Å². The summed E-state index contributed by atoms with van der Waals surface area (Å²) in [5.41, 5.74) is 0.453. The first-order valence-electron chi connectivity index (χ1n) is 7.04. The molecular weight excluding hydrogens is 347 g/mol. The fourth-order valence-corrected chi connectivity index (χ4v) is 4.17. The minimum Gasteiger partial charge on any atom is -0.480 e. The molecule has 0 spiro atoms. The first kappa shape index (κ1) is 17.5. The van der Waals surface area contributed by atoms with E-state index in [9.17, 15) is 9.59 Å². The predicted octanol–water partition coefficient (Wildman–Crippen LogP) is 3.07. The number of rotatable bonds is 4. The number of aliphatic carboxylic acids is 1. The van der Waals surface area contributed by atoms with Gasteiger partial charge in [-0.25, -0.2) is 0 Å². The van der Waals surface area contributed by atoms with Gasteiger partial charge in [-0.2, -0.15) is 0 Å². The minimum absolute atomic E-state index is 0.0184. The molecule has 2 rings (SSSR count). The van der Waals surface area contributed by atoms with Gasteiger partial charge in [-0.1, -0.05) is 23.2 Å². The van der Waals surface area contributed by atoms with Crippen molar-refractivity contribution >= 4 is 46.4 Å². The average molecular weight is 365 g/mol. The molecule has 1 unspecified atom stereocenters. The Labute approximate surface area is 143 Å². The van der Waals surface area contributed by atoms with Crippen LogP contribution in [0, 0.1) is 0 Å². The van der Waals surface area contributed by atoms with Gasteiger partial charge in [0.25, 0.3) is 5.91 Å². The second-order valence-electron chi connectivity index (χ2n) is 5.42. The van der Waals surface area contributed by atoms with E-state index in [0.717, 1.165) is 19.3 Å². The van der Waals surface area contributed by atoms with Gasteiger partial charge in [-0.15, -0.1) is 11.3 Å². The summed E-state index contributed by atoms with van der Waals surface area (Å²) in [6.07, 6.45) is 2.48. The highest BCUT2D eigenvalue weighted by atomic mass is 35.5. The zero-order valence-corrected chi connectivity index (χ0v) is 14.5. The van der Waals surface area contributed by atoms with Crippen molar-refractivity contribution in [2.24, 2.45) is 0 Å². The number of thiophene rings is 1. The number of hydrogen-bond donors (Lipinski definition) is 1. The lowest BCUT2D eigenvalue weighted by Gasteiger charge is -2.25. The highest BCUT2D eigenvalue weighted by molar-refractivity contribution is 7.20. The average Bonchev–Trinajstić information content (AvgIpc) is 2.65. The molecule has 1 fully saturated rings. The summed E-state index contributed by atoms with van der Waals surface area (Å²) in [5.74, 6) is -0.936. The Kier molecular flexibility index (Phi) is 6.09. The predicted molar refractivity (Wildman–Crippen MR) is 88.1 cm³/mol. The summed E-state index contributed by atoms with van der Waals surface area (Å²) in [7, 11) is 1.81. The highest BCUT2D eigenvalue weighted by Crippen LogP contribution is 2.32. The van der Waals surface area contributed by atoms with Crippen LogP contribution in [0.25, 0.3) is 0 Å². The van der Waals surface area contributed by atoms with Crippen LogP contribution in [0.2, 0.25) is 8.67 Å². The van der Waals surface area contributed by atoms with E-state index in [2.05, 4.69) is 0 Å². The topological polar surface area (TPSA) is 60.9 Å². The van der Waals surface area contributed by atoms with Crippen LogP contribution >= 0.6 is 34.5 Å². The van der Waals surface area contributed by atoms with E-state index in [4.69, 9.17) is 28.3 Å². The number of nitrogens with zero attached hydrogens (tertiary/aromatic N) is 2. The quantitative estimate of drug-likeness (QED) is 0.891. The number of likely N-dealkylation sites (tertiary alicyclic amines) is 1. The molecule has 0 radical (unpaired) electrons. The third-order valence-electron chi connectivity index (χ3n) is 3.88. The van der Waals surface area contributed by atoms with Crippen molar-refractivity contribution in [2.75, 3.05) is 26.7 Å². The number of likely N-dealkylation sites (N-methyl/N-ethyl adjacent to an activating group) is 1. The first-order chi connectivity index (χ1) is 10.4. The van der Waals surface area contributed by atoms with Crippen LogP contribution in [0.1, 0.15) is 29.6 Å². The second-order valence-corrected chi connectivity index (χ2v) is 7.71. The minimum atomic E-state index is -0.834. The number of carboxylic acid groups (broad SMARTS) is 1. The summed E-state index contributed by atoms with van der Waals surface area (Å²) >= 11 is 13.1. The molecule has 122 valence electrons. The van der Waals surface area contributed by atoms with Crippen molar-refractivity contribution in [1.29, 1.82) is 0 Å². The molecule has 0 aromatic carbocycles. The lowest BCUT2D eigenvalue weighted by molar-refractivity contribution is -0.138. The maximum atomic E-state index is 12.5. The fraction of sp³-hybridized carbons (Fsp3) is 0.571. The molecule has 8 heteroatoms. The Morgan fingerprint density at radius 3 is 2.73 bits per heavy atom. The Hall–Kier alpha value is -0.820. The van der Waals surface area contributed by atoms with Crippen molar-refractivity contribution in [3.63, 3.8) is 0 Å². The number of carbonyl (C=O) groups excluding carboxylic acids is 1. The third-order valence-corrected chi connectivity index (χ3v) is 5.37. The molecule has 1 amide bonds. The van der Waals surface area contributed by atoms with Crippen molar-refractivity contribution in [2.45, 2.75) is 25.3 Å². The van der Waals surface area contributed by atoms with Crippen molar-refractivity contribution in [3.8, 4) is 0 Å². The molecule has 1 aromatic heterocycles. The van der Waals surface area contributed by atoms with Crippen molar-refractivity contribution in [1.82, 2.24) is 9.80 Å². The van der Waals surface area contributed by atoms with E-state index < -0.39 is 5.97 Å². The van der Waals surface area contributed by atoms with Crippen LogP contribution in [0.4, 0.5) is 0 Å². The van der Waals surface area contributed by atoms with Gasteiger partial charge in [0.1, 0.15) is 4.34 Å². The van der Waals surface area contributed by atoms with E-state index in [-0.39, 0.29) is 18.5 Å². The number of carbonyl (C=O) groups is 2. The molecule has 2 heterocycles. The molecule has 1 atom stereocenters. The summed E-state index contributed by atoms with van der Waals surface area (Å²) in [6, 6.07) is 1.78. The molecule has 1 aliphatic heterocycles. The van der Waals surface area contributed by atoms with E-state index in [1.165, 1.54) is 11.3 Å². The van der Waals surface area contributed by atoms with Gasteiger partial charge in [0.15, 0.2) is 0 Å². The van der Waals surface area contributed by atoms with Gasteiger partial charge in [0, 0.05) is 19.1 Å². The SMILES string of the molecule is CN(CC(=O)O)C1CCCN(C(=O)c2cc(Cl)sc2Cl)CC1. The normalized spacial score (nSPS) is 19.3. The number of amides is 1. The largest absolute Gasteiger partial charge is 0.480 e. The lowest BCUT2D eigenvalue weighted by atomic mass is 10.1. The van der Waals surface area contributed by atoms with Crippen LogP contribution in [0.3, 0.4) is 0 Å². The molecular formula is C14H18Cl2N2O3S. The van der Waals surface area contributed by atoms with Crippen LogP contribution < -0.4 is 0 Å². The Morgan fingerprint density at radius 1 is 1.41 bits per heavy atom. The van der Waals surface area contributed by atoms with E-state index in [1.807, 2.05) is 11.9 Å². The van der Waals surface area contributed by atoms with Crippen molar-refractivity contribution < 1.29 is 14.7 Å². The Bertz CT molecular complexity index is 564.